The van der Waals surface area contributed by atoms with Gasteiger partial charge >= 0.3 is 0 Å². The number of aromatic nitrogens is 1. The highest BCUT2D eigenvalue weighted by molar-refractivity contribution is 5.79. The first-order valence-corrected chi connectivity index (χ1v) is 8.15. The molecule has 1 heterocycles. The summed E-state index contributed by atoms with van der Waals surface area (Å²) in [5, 5.41) is 0. The summed E-state index contributed by atoms with van der Waals surface area (Å²) in [6.07, 6.45) is 7.61. The first-order valence-electron chi connectivity index (χ1n) is 8.15. The number of hydrogen-bond acceptors (Lipinski definition) is 3. The summed E-state index contributed by atoms with van der Waals surface area (Å²) in [6.45, 7) is 3.71. The van der Waals surface area contributed by atoms with Crippen LogP contribution >= 0.6 is 0 Å². The van der Waals surface area contributed by atoms with Crippen molar-refractivity contribution in [1.29, 1.82) is 0 Å². The molecule has 21 heavy (non-hydrogen) atoms. The summed E-state index contributed by atoms with van der Waals surface area (Å²) in [6, 6.07) is 6.13. The maximum absolute atomic E-state index is 12.7. The molecule has 2 atom stereocenters. The molecule has 4 heteroatoms. The zero-order valence-electron chi connectivity index (χ0n) is 13.0. The molecule has 1 amide bonds. The molecular weight excluding hydrogens is 262 g/mol. The fourth-order valence-corrected chi connectivity index (χ4v) is 3.11. The summed E-state index contributed by atoms with van der Waals surface area (Å²) < 4.78 is 0. The highest BCUT2D eigenvalue weighted by atomic mass is 16.2. The summed E-state index contributed by atoms with van der Waals surface area (Å²) in [4.78, 5) is 19.1. The molecule has 1 aliphatic carbocycles. The van der Waals surface area contributed by atoms with Gasteiger partial charge < -0.3 is 10.6 Å². The standard InChI is InChI=1S/C17H27N3O/c1-2-11-20(12-9-16-8-3-4-10-19-16)17(21)14-6-5-7-15(18)13-14/h3-4,8,10,14-15H,2,5-7,9,11-13,18H2,1H3. The second-order valence-electron chi connectivity index (χ2n) is 6.02. The minimum Gasteiger partial charge on any atom is -0.342 e. The fraction of sp³-hybridized carbons (Fsp3) is 0.647. The lowest BCUT2D eigenvalue weighted by atomic mass is 9.85. The monoisotopic (exact) mass is 289 g/mol. The number of rotatable bonds is 6. The van der Waals surface area contributed by atoms with Gasteiger partial charge in [-0.2, -0.15) is 0 Å². The molecule has 1 aromatic heterocycles. The van der Waals surface area contributed by atoms with Crippen molar-refractivity contribution >= 4 is 5.91 Å². The highest BCUT2D eigenvalue weighted by Crippen LogP contribution is 2.25. The van der Waals surface area contributed by atoms with E-state index in [0.717, 1.165) is 57.3 Å². The van der Waals surface area contributed by atoms with E-state index in [-0.39, 0.29) is 12.0 Å². The minimum absolute atomic E-state index is 0.129. The third-order valence-corrected chi connectivity index (χ3v) is 4.23. The van der Waals surface area contributed by atoms with Gasteiger partial charge in [-0.3, -0.25) is 9.78 Å². The van der Waals surface area contributed by atoms with Gasteiger partial charge in [-0.25, -0.2) is 0 Å². The van der Waals surface area contributed by atoms with Crippen LogP contribution in [0.5, 0.6) is 0 Å². The van der Waals surface area contributed by atoms with Gasteiger partial charge in [0.15, 0.2) is 0 Å². The second kappa shape index (κ2) is 8.13. The largest absolute Gasteiger partial charge is 0.342 e. The molecule has 0 bridgehead atoms. The quantitative estimate of drug-likeness (QED) is 0.874. The predicted molar refractivity (Wildman–Crippen MR) is 84.7 cm³/mol. The lowest BCUT2D eigenvalue weighted by molar-refractivity contribution is -0.136. The van der Waals surface area contributed by atoms with E-state index < -0.39 is 0 Å². The van der Waals surface area contributed by atoms with E-state index in [9.17, 15) is 4.79 Å². The molecule has 1 saturated carbocycles. The summed E-state index contributed by atoms with van der Waals surface area (Å²) in [5.41, 5.74) is 7.07. The van der Waals surface area contributed by atoms with Crippen molar-refractivity contribution in [2.24, 2.45) is 11.7 Å². The lowest BCUT2D eigenvalue weighted by Crippen LogP contribution is -2.42. The smallest absolute Gasteiger partial charge is 0.225 e. The maximum atomic E-state index is 12.7. The summed E-state index contributed by atoms with van der Waals surface area (Å²) in [7, 11) is 0. The van der Waals surface area contributed by atoms with Crippen LogP contribution in [0.1, 0.15) is 44.7 Å². The van der Waals surface area contributed by atoms with Crippen LogP contribution in [-0.2, 0) is 11.2 Å². The van der Waals surface area contributed by atoms with Crippen LogP contribution in [0.15, 0.2) is 24.4 Å². The van der Waals surface area contributed by atoms with E-state index in [1.807, 2.05) is 29.3 Å². The minimum atomic E-state index is 0.129. The Hall–Kier alpha value is -1.42. The van der Waals surface area contributed by atoms with Gasteiger partial charge in [-0.1, -0.05) is 19.4 Å². The first-order chi connectivity index (χ1) is 10.2. The van der Waals surface area contributed by atoms with Crippen molar-refractivity contribution in [2.45, 2.75) is 51.5 Å². The van der Waals surface area contributed by atoms with Crippen LogP contribution in [0.2, 0.25) is 0 Å². The third kappa shape index (κ3) is 4.81. The van der Waals surface area contributed by atoms with Gasteiger partial charge in [-0.15, -0.1) is 0 Å². The van der Waals surface area contributed by atoms with Gasteiger partial charge in [0, 0.05) is 43.4 Å². The molecule has 1 fully saturated rings. The van der Waals surface area contributed by atoms with Crippen molar-refractivity contribution in [2.75, 3.05) is 13.1 Å². The molecule has 0 aliphatic heterocycles. The average molecular weight is 289 g/mol. The topological polar surface area (TPSA) is 59.2 Å². The Bertz CT molecular complexity index is 435. The SMILES string of the molecule is CCCN(CCc1ccccn1)C(=O)C1CCCC(N)C1. The number of nitrogens with zero attached hydrogens (tertiary/aromatic N) is 2. The average Bonchev–Trinajstić information content (AvgIpc) is 2.52. The molecule has 4 nitrogen and oxygen atoms in total. The van der Waals surface area contributed by atoms with Gasteiger partial charge in [0.25, 0.3) is 0 Å². The Morgan fingerprint density at radius 1 is 1.38 bits per heavy atom. The molecule has 116 valence electrons. The number of amides is 1. The van der Waals surface area contributed by atoms with E-state index in [4.69, 9.17) is 5.73 Å². The molecule has 0 aromatic carbocycles. The molecule has 2 unspecified atom stereocenters. The molecule has 0 spiro atoms. The second-order valence-corrected chi connectivity index (χ2v) is 6.02. The van der Waals surface area contributed by atoms with Crippen LogP contribution in [0.25, 0.3) is 0 Å². The van der Waals surface area contributed by atoms with E-state index >= 15 is 0 Å². The first kappa shape index (κ1) is 16.0. The Balaban J connectivity index is 1.92. The van der Waals surface area contributed by atoms with E-state index in [2.05, 4.69) is 11.9 Å². The molecule has 0 saturated heterocycles. The number of nitrogens with two attached hydrogens (primary N) is 1. The summed E-state index contributed by atoms with van der Waals surface area (Å²) in [5.74, 6) is 0.423. The highest BCUT2D eigenvalue weighted by Gasteiger charge is 2.28. The fourth-order valence-electron chi connectivity index (χ4n) is 3.11. The van der Waals surface area contributed by atoms with Crippen molar-refractivity contribution in [1.82, 2.24) is 9.88 Å². The zero-order valence-corrected chi connectivity index (χ0v) is 13.0. The third-order valence-electron chi connectivity index (χ3n) is 4.23. The molecule has 2 rings (SSSR count). The molecule has 1 aromatic rings. The van der Waals surface area contributed by atoms with Crippen molar-refractivity contribution in [3.05, 3.63) is 30.1 Å². The Morgan fingerprint density at radius 2 is 2.24 bits per heavy atom. The van der Waals surface area contributed by atoms with Crippen LogP contribution in [0.4, 0.5) is 0 Å². The molecular formula is C17H27N3O. The van der Waals surface area contributed by atoms with Crippen molar-refractivity contribution < 1.29 is 4.79 Å². The number of carbonyl (C=O) groups is 1. The number of pyridine rings is 1. The Kier molecular flexibility index (Phi) is 6.18. The van der Waals surface area contributed by atoms with Crippen LogP contribution in [-0.4, -0.2) is 34.9 Å². The van der Waals surface area contributed by atoms with Crippen molar-refractivity contribution in [3.8, 4) is 0 Å². The number of carbonyl (C=O) groups excluding carboxylic acids is 1. The van der Waals surface area contributed by atoms with Gasteiger partial charge in [-0.05, 0) is 37.8 Å². The van der Waals surface area contributed by atoms with Crippen LogP contribution in [0.3, 0.4) is 0 Å². The zero-order chi connectivity index (χ0) is 15.1. The van der Waals surface area contributed by atoms with E-state index in [1.54, 1.807) is 0 Å². The maximum Gasteiger partial charge on any atom is 0.225 e. The van der Waals surface area contributed by atoms with Crippen molar-refractivity contribution in [3.63, 3.8) is 0 Å². The normalized spacial score (nSPS) is 22.0. The van der Waals surface area contributed by atoms with Gasteiger partial charge in [0.2, 0.25) is 5.91 Å². The summed E-state index contributed by atoms with van der Waals surface area (Å²) >= 11 is 0. The molecule has 2 N–H and O–H groups in total. The molecule has 0 radical (unpaired) electrons. The Labute approximate surface area is 127 Å². The van der Waals surface area contributed by atoms with Crippen LogP contribution < -0.4 is 5.73 Å². The van der Waals surface area contributed by atoms with Gasteiger partial charge in [0.05, 0.1) is 0 Å². The number of hydrogen-bond donors (Lipinski definition) is 1. The van der Waals surface area contributed by atoms with E-state index in [1.165, 1.54) is 0 Å². The van der Waals surface area contributed by atoms with Crippen LogP contribution in [0, 0.1) is 5.92 Å². The molecule has 1 aliphatic rings. The lowest BCUT2D eigenvalue weighted by Gasteiger charge is -2.31. The Morgan fingerprint density at radius 3 is 2.90 bits per heavy atom. The van der Waals surface area contributed by atoms with E-state index in [0.29, 0.717) is 5.91 Å². The van der Waals surface area contributed by atoms with Gasteiger partial charge in [0.1, 0.15) is 0 Å². The predicted octanol–water partition coefficient (Wildman–Crippen LogP) is 2.38.